The molecule has 2 nitrogen and oxygen atoms in total. The Morgan fingerprint density at radius 1 is 1.12 bits per heavy atom. The number of ether oxygens (including phenoxy) is 1. The second kappa shape index (κ2) is 5.20. The molecule has 0 aliphatic heterocycles. The number of esters is 1. The van der Waals surface area contributed by atoms with Crippen LogP contribution in [0.15, 0.2) is 0 Å². The highest BCUT2D eigenvalue weighted by atomic mass is 16.5. The average molecular weight is 226 g/mol. The lowest BCUT2D eigenvalue weighted by molar-refractivity contribution is -0.155. The molecule has 0 unspecified atom stereocenters. The van der Waals surface area contributed by atoms with Gasteiger partial charge in [-0.05, 0) is 37.0 Å². The third-order valence-corrected chi connectivity index (χ3v) is 3.65. The Hall–Kier alpha value is -0.530. The van der Waals surface area contributed by atoms with E-state index in [0.717, 1.165) is 18.8 Å². The maximum Gasteiger partial charge on any atom is 0.308 e. The fraction of sp³-hybridized carbons (Fsp3) is 0.929. The first-order valence-electron chi connectivity index (χ1n) is 6.51. The molecule has 16 heavy (non-hydrogen) atoms. The van der Waals surface area contributed by atoms with Gasteiger partial charge in [0.05, 0.1) is 5.92 Å². The molecule has 1 fully saturated rings. The summed E-state index contributed by atoms with van der Waals surface area (Å²) < 4.78 is 5.47. The van der Waals surface area contributed by atoms with E-state index in [4.69, 9.17) is 4.74 Å². The average Bonchev–Trinajstić information content (AvgIpc) is 2.17. The molecule has 1 rings (SSSR count). The number of carbonyl (C=O) groups is 1. The van der Waals surface area contributed by atoms with Crippen LogP contribution in [-0.4, -0.2) is 12.1 Å². The molecule has 0 radical (unpaired) electrons. The lowest BCUT2D eigenvalue weighted by atomic mass is 9.72. The van der Waals surface area contributed by atoms with Crippen LogP contribution in [0.5, 0.6) is 0 Å². The Kier molecular flexibility index (Phi) is 4.40. The van der Waals surface area contributed by atoms with Crippen LogP contribution in [-0.2, 0) is 9.53 Å². The smallest absolute Gasteiger partial charge is 0.308 e. The highest BCUT2D eigenvalue weighted by Crippen LogP contribution is 2.38. The van der Waals surface area contributed by atoms with E-state index in [1.54, 1.807) is 0 Å². The largest absolute Gasteiger partial charge is 0.462 e. The molecule has 1 aliphatic rings. The quantitative estimate of drug-likeness (QED) is 0.670. The van der Waals surface area contributed by atoms with Crippen molar-refractivity contribution in [2.24, 2.45) is 17.3 Å². The van der Waals surface area contributed by atoms with Crippen LogP contribution in [0.1, 0.15) is 60.3 Å². The minimum atomic E-state index is -0.0424. The zero-order chi connectivity index (χ0) is 12.3. The van der Waals surface area contributed by atoms with Crippen molar-refractivity contribution in [3.8, 4) is 0 Å². The molecule has 0 amide bonds. The van der Waals surface area contributed by atoms with E-state index in [1.165, 1.54) is 12.8 Å². The number of rotatable bonds is 2. The lowest BCUT2D eigenvalue weighted by Crippen LogP contribution is -2.31. The monoisotopic (exact) mass is 226 g/mol. The predicted molar refractivity (Wildman–Crippen MR) is 66.1 cm³/mol. The molecular weight excluding hydrogens is 200 g/mol. The summed E-state index contributed by atoms with van der Waals surface area (Å²) >= 11 is 0. The Bertz CT molecular complexity index is 230. The summed E-state index contributed by atoms with van der Waals surface area (Å²) in [5.74, 6) is 0.737. The third kappa shape index (κ3) is 3.80. The predicted octanol–water partition coefficient (Wildman–Crippen LogP) is 3.79. The number of hydrogen-bond donors (Lipinski definition) is 0. The Morgan fingerprint density at radius 2 is 1.62 bits per heavy atom. The summed E-state index contributed by atoms with van der Waals surface area (Å²) in [6, 6.07) is 0. The third-order valence-electron chi connectivity index (χ3n) is 3.65. The SMILES string of the molecule is CC(C)C(=O)OC1CCC(C(C)(C)C)CC1. The van der Waals surface area contributed by atoms with Gasteiger partial charge in [0.1, 0.15) is 6.10 Å². The lowest BCUT2D eigenvalue weighted by Gasteiger charge is -2.36. The molecule has 0 aromatic rings. The van der Waals surface area contributed by atoms with E-state index in [0.29, 0.717) is 5.41 Å². The number of hydrogen-bond acceptors (Lipinski definition) is 2. The molecule has 0 spiro atoms. The van der Waals surface area contributed by atoms with Gasteiger partial charge in [0.15, 0.2) is 0 Å². The van der Waals surface area contributed by atoms with Gasteiger partial charge in [0.2, 0.25) is 0 Å². The maximum absolute atomic E-state index is 11.5. The number of carbonyl (C=O) groups excluding carboxylic acids is 1. The Labute approximate surface area is 99.8 Å². The van der Waals surface area contributed by atoms with E-state index >= 15 is 0 Å². The summed E-state index contributed by atoms with van der Waals surface area (Å²) in [4.78, 5) is 11.5. The van der Waals surface area contributed by atoms with Crippen LogP contribution in [0.25, 0.3) is 0 Å². The van der Waals surface area contributed by atoms with Gasteiger partial charge in [-0.3, -0.25) is 4.79 Å². The van der Waals surface area contributed by atoms with Gasteiger partial charge in [-0.2, -0.15) is 0 Å². The van der Waals surface area contributed by atoms with E-state index in [-0.39, 0.29) is 18.0 Å². The Morgan fingerprint density at radius 3 is 2.00 bits per heavy atom. The molecule has 1 saturated carbocycles. The van der Waals surface area contributed by atoms with Gasteiger partial charge in [-0.1, -0.05) is 34.6 Å². The first-order chi connectivity index (χ1) is 7.30. The summed E-state index contributed by atoms with van der Waals surface area (Å²) in [7, 11) is 0. The van der Waals surface area contributed by atoms with Crippen molar-refractivity contribution in [1.82, 2.24) is 0 Å². The normalized spacial score (nSPS) is 26.9. The van der Waals surface area contributed by atoms with E-state index in [2.05, 4.69) is 20.8 Å². The highest BCUT2D eigenvalue weighted by molar-refractivity contribution is 5.71. The summed E-state index contributed by atoms with van der Waals surface area (Å²) in [5.41, 5.74) is 0.396. The summed E-state index contributed by atoms with van der Waals surface area (Å²) in [6.45, 7) is 10.7. The highest BCUT2D eigenvalue weighted by Gasteiger charge is 2.31. The second-order valence-corrected chi connectivity index (χ2v) is 6.43. The van der Waals surface area contributed by atoms with Crippen LogP contribution in [0, 0.1) is 17.3 Å². The molecule has 0 aromatic carbocycles. The van der Waals surface area contributed by atoms with Gasteiger partial charge in [-0.25, -0.2) is 0 Å². The molecule has 2 heteroatoms. The van der Waals surface area contributed by atoms with Gasteiger partial charge < -0.3 is 4.74 Å². The first-order valence-corrected chi connectivity index (χ1v) is 6.51. The van der Waals surface area contributed by atoms with E-state index < -0.39 is 0 Å². The second-order valence-electron chi connectivity index (χ2n) is 6.43. The topological polar surface area (TPSA) is 26.3 Å². The van der Waals surface area contributed by atoms with Crippen molar-refractivity contribution in [1.29, 1.82) is 0 Å². The van der Waals surface area contributed by atoms with Crippen molar-refractivity contribution in [3.63, 3.8) is 0 Å². The van der Waals surface area contributed by atoms with Crippen LogP contribution >= 0.6 is 0 Å². The van der Waals surface area contributed by atoms with Crippen molar-refractivity contribution in [2.75, 3.05) is 0 Å². The molecular formula is C14H26O2. The van der Waals surface area contributed by atoms with Gasteiger partial charge in [0.25, 0.3) is 0 Å². The zero-order valence-electron chi connectivity index (χ0n) is 11.4. The standard InChI is InChI=1S/C14H26O2/c1-10(2)13(15)16-12-8-6-11(7-9-12)14(3,4)5/h10-12H,6-9H2,1-5H3. The van der Waals surface area contributed by atoms with Crippen molar-refractivity contribution >= 4 is 5.97 Å². The zero-order valence-corrected chi connectivity index (χ0v) is 11.4. The molecule has 0 saturated heterocycles. The Balaban J connectivity index is 2.35. The van der Waals surface area contributed by atoms with Crippen molar-refractivity contribution in [3.05, 3.63) is 0 Å². The van der Waals surface area contributed by atoms with Crippen molar-refractivity contribution in [2.45, 2.75) is 66.4 Å². The fourth-order valence-corrected chi connectivity index (χ4v) is 2.35. The van der Waals surface area contributed by atoms with Crippen LogP contribution in [0.3, 0.4) is 0 Å². The molecule has 0 heterocycles. The fourth-order valence-electron chi connectivity index (χ4n) is 2.35. The molecule has 0 aromatic heterocycles. The van der Waals surface area contributed by atoms with E-state index in [1.807, 2.05) is 13.8 Å². The minimum absolute atomic E-state index is 0.000314. The molecule has 94 valence electrons. The molecule has 0 bridgehead atoms. The van der Waals surface area contributed by atoms with Crippen LogP contribution in [0.2, 0.25) is 0 Å². The van der Waals surface area contributed by atoms with Gasteiger partial charge in [0, 0.05) is 0 Å². The summed E-state index contributed by atoms with van der Waals surface area (Å²) in [5, 5.41) is 0. The van der Waals surface area contributed by atoms with Crippen LogP contribution < -0.4 is 0 Å². The molecule has 0 atom stereocenters. The van der Waals surface area contributed by atoms with Crippen LogP contribution in [0.4, 0.5) is 0 Å². The minimum Gasteiger partial charge on any atom is -0.462 e. The van der Waals surface area contributed by atoms with E-state index in [9.17, 15) is 4.79 Å². The first kappa shape index (κ1) is 13.5. The maximum atomic E-state index is 11.5. The van der Waals surface area contributed by atoms with Crippen molar-refractivity contribution < 1.29 is 9.53 Å². The van der Waals surface area contributed by atoms with Gasteiger partial charge in [-0.15, -0.1) is 0 Å². The summed E-state index contributed by atoms with van der Waals surface area (Å²) in [6.07, 6.45) is 4.65. The van der Waals surface area contributed by atoms with Gasteiger partial charge >= 0.3 is 5.97 Å². The molecule has 1 aliphatic carbocycles. The molecule has 0 N–H and O–H groups in total.